The highest BCUT2D eigenvalue weighted by atomic mass is 127. The Morgan fingerprint density at radius 1 is 1.12 bits per heavy atom. The summed E-state index contributed by atoms with van der Waals surface area (Å²) >= 11 is 0. The van der Waals surface area contributed by atoms with E-state index >= 15 is 0 Å². The molecule has 0 aliphatic heterocycles. The van der Waals surface area contributed by atoms with Gasteiger partial charge in [-0.1, -0.05) is 24.3 Å². The lowest BCUT2D eigenvalue weighted by molar-refractivity contribution is 0.322. The standard InChI is InChI=1S/C17H22N4O2.HI/c1-18-17(20-11-12-23-15-8-4-3-5-9-15)21-13-14-7-6-10-19-16(14)22-2;/h3-10H,11-13H2,1-2H3,(H2,18,20,21);1H. The maximum atomic E-state index is 5.62. The summed E-state index contributed by atoms with van der Waals surface area (Å²) in [6, 6.07) is 13.6. The van der Waals surface area contributed by atoms with Crippen LogP contribution in [0.2, 0.25) is 0 Å². The first-order chi connectivity index (χ1) is 11.3. The van der Waals surface area contributed by atoms with Crippen LogP contribution in [-0.2, 0) is 6.54 Å². The van der Waals surface area contributed by atoms with Crippen LogP contribution in [0.15, 0.2) is 53.7 Å². The predicted molar refractivity (Wildman–Crippen MR) is 106 cm³/mol. The number of halogens is 1. The van der Waals surface area contributed by atoms with Crippen molar-refractivity contribution in [1.82, 2.24) is 15.6 Å². The van der Waals surface area contributed by atoms with Crippen molar-refractivity contribution in [3.05, 3.63) is 54.2 Å². The molecule has 24 heavy (non-hydrogen) atoms. The summed E-state index contributed by atoms with van der Waals surface area (Å²) in [6.45, 7) is 1.79. The molecular weight excluding hydrogens is 419 g/mol. The number of benzene rings is 1. The minimum absolute atomic E-state index is 0. The van der Waals surface area contributed by atoms with Gasteiger partial charge in [-0.25, -0.2) is 4.98 Å². The monoisotopic (exact) mass is 442 g/mol. The molecule has 0 unspecified atom stereocenters. The molecule has 0 radical (unpaired) electrons. The first kappa shape index (κ1) is 20.0. The van der Waals surface area contributed by atoms with E-state index in [2.05, 4.69) is 20.6 Å². The smallest absolute Gasteiger partial charge is 0.218 e. The van der Waals surface area contributed by atoms with Gasteiger partial charge in [0.25, 0.3) is 0 Å². The lowest BCUT2D eigenvalue weighted by atomic mass is 10.3. The van der Waals surface area contributed by atoms with Crippen molar-refractivity contribution < 1.29 is 9.47 Å². The van der Waals surface area contributed by atoms with E-state index in [0.29, 0.717) is 31.5 Å². The number of hydrogen-bond donors (Lipinski definition) is 2. The summed E-state index contributed by atoms with van der Waals surface area (Å²) in [5.41, 5.74) is 0.971. The predicted octanol–water partition coefficient (Wildman–Crippen LogP) is 2.45. The zero-order chi connectivity index (χ0) is 16.3. The summed E-state index contributed by atoms with van der Waals surface area (Å²) < 4.78 is 10.9. The summed E-state index contributed by atoms with van der Waals surface area (Å²) in [4.78, 5) is 8.35. The van der Waals surface area contributed by atoms with Gasteiger partial charge in [-0.2, -0.15) is 0 Å². The fraction of sp³-hybridized carbons (Fsp3) is 0.294. The molecule has 1 heterocycles. The Balaban J connectivity index is 0.00000288. The number of para-hydroxylation sites is 1. The molecule has 0 aliphatic rings. The first-order valence-corrected chi connectivity index (χ1v) is 7.43. The molecule has 0 atom stereocenters. The molecule has 0 bridgehead atoms. The Hall–Kier alpha value is -2.03. The van der Waals surface area contributed by atoms with Crippen molar-refractivity contribution in [2.75, 3.05) is 27.3 Å². The topological polar surface area (TPSA) is 67.8 Å². The number of aliphatic imine (C=N–C) groups is 1. The zero-order valence-electron chi connectivity index (χ0n) is 13.9. The molecule has 1 aromatic heterocycles. The van der Waals surface area contributed by atoms with Crippen LogP contribution in [0.4, 0.5) is 0 Å². The lowest BCUT2D eigenvalue weighted by Gasteiger charge is -2.13. The minimum Gasteiger partial charge on any atom is -0.492 e. The number of aromatic nitrogens is 1. The molecule has 2 rings (SSSR count). The van der Waals surface area contributed by atoms with Crippen LogP contribution in [0.3, 0.4) is 0 Å². The Morgan fingerprint density at radius 3 is 2.62 bits per heavy atom. The quantitative estimate of drug-likeness (QED) is 0.299. The average Bonchev–Trinajstić information content (AvgIpc) is 2.62. The molecule has 130 valence electrons. The molecule has 0 amide bonds. The highest BCUT2D eigenvalue weighted by Gasteiger charge is 2.04. The van der Waals surface area contributed by atoms with Gasteiger partial charge in [-0.15, -0.1) is 24.0 Å². The van der Waals surface area contributed by atoms with Crippen LogP contribution in [0.5, 0.6) is 11.6 Å². The van der Waals surface area contributed by atoms with Gasteiger partial charge in [0, 0.05) is 25.4 Å². The highest BCUT2D eigenvalue weighted by Crippen LogP contribution is 2.12. The highest BCUT2D eigenvalue weighted by molar-refractivity contribution is 14.0. The van der Waals surface area contributed by atoms with Crippen molar-refractivity contribution in [3.63, 3.8) is 0 Å². The molecule has 0 saturated heterocycles. The second-order valence-corrected chi connectivity index (χ2v) is 4.69. The molecule has 0 aliphatic carbocycles. The summed E-state index contributed by atoms with van der Waals surface area (Å²) in [5.74, 6) is 2.17. The maximum absolute atomic E-state index is 5.62. The van der Waals surface area contributed by atoms with Crippen LogP contribution in [0.1, 0.15) is 5.56 Å². The first-order valence-electron chi connectivity index (χ1n) is 7.43. The molecule has 7 heteroatoms. The molecule has 0 saturated carbocycles. The van der Waals surface area contributed by atoms with Crippen molar-refractivity contribution in [2.45, 2.75) is 6.54 Å². The van der Waals surface area contributed by atoms with E-state index in [1.165, 1.54) is 0 Å². The van der Waals surface area contributed by atoms with E-state index < -0.39 is 0 Å². The molecule has 0 spiro atoms. The van der Waals surface area contributed by atoms with Gasteiger partial charge in [-0.05, 0) is 18.2 Å². The third-order valence-electron chi connectivity index (χ3n) is 3.12. The minimum atomic E-state index is 0. The largest absolute Gasteiger partial charge is 0.492 e. The number of ether oxygens (including phenoxy) is 2. The number of hydrogen-bond acceptors (Lipinski definition) is 4. The van der Waals surface area contributed by atoms with E-state index in [0.717, 1.165) is 11.3 Å². The number of guanidine groups is 1. The Kier molecular flexibility index (Phi) is 9.59. The lowest BCUT2D eigenvalue weighted by Crippen LogP contribution is -2.38. The number of nitrogens with one attached hydrogen (secondary N) is 2. The molecule has 1 aromatic carbocycles. The number of methoxy groups -OCH3 is 1. The average molecular weight is 442 g/mol. The fourth-order valence-electron chi connectivity index (χ4n) is 2.00. The molecule has 6 nitrogen and oxygen atoms in total. The van der Waals surface area contributed by atoms with Crippen molar-refractivity contribution in [2.24, 2.45) is 4.99 Å². The Bertz CT molecular complexity index is 623. The van der Waals surface area contributed by atoms with Crippen LogP contribution >= 0.6 is 24.0 Å². The molecule has 2 aromatic rings. The van der Waals surface area contributed by atoms with Crippen LogP contribution in [-0.4, -0.2) is 38.3 Å². The normalized spacial score (nSPS) is 10.5. The Morgan fingerprint density at radius 2 is 1.92 bits per heavy atom. The SMILES string of the molecule is CN=C(NCCOc1ccccc1)NCc1cccnc1OC.I. The molecular formula is C17H23IN4O2. The van der Waals surface area contributed by atoms with Gasteiger partial charge >= 0.3 is 0 Å². The van der Waals surface area contributed by atoms with E-state index in [1.54, 1.807) is 20.4 Å². The van der Waals surface area contributed by atoms with Crippen molar-refractivity contribution >= 4 is 29.9 Å². The zero-order valence-corrected chi connectivity index (χ0v) is 16.2. The van der Waals surface area contributed by atoms with Crippen LogP contribution in [0, 0.1) is 0 Å². The Labute approximate surface area is 159 Å². The second-order valence-electron chi connectivity index (χ2n) is 4.69. The van der Waals surface area contributed by atoms with Gasteiger partial charge in [0.2, 0.25) is 5.88 Å². The third kappa shape index (κ3) is 6.61. The van der Waals surface area contributed by atoms with Crippen LogP contribution in [0.25, 0.3) is 0 Å². The van der Waals surface area contributed by atoms with E-state index in [9.17, 15) is 0 Å². The molecule has 2 N–H and O–H groups in total. The summed E-state index contributed by atoms with van der Waals surface area (Å²) in [7, 11) is 3.34. The van der Waals surface area contributed by atoms with Gasteiger partial charge in [-0.3, -0.25) is 4.99 Å². The third-order valence-corrected chi connectivity index (χ3v) is 3.12. The number of pyridine rings is 1. The van der Waals surface area contributed by atoms with Gasteiger partial charge in [0.1, 0.15) is 12.4 Å². The maximum Gasteiger partial charge on any atom is 0.218 e. The van der Waals surface area contributed by atoms with Gasteiger partial charge in [0.05, 0.1) is 13.7 Å². The fourth-order valence-corrected chi connectivity index (χ4v) is 2.00. The van der Waals surface area contributed by atoms with Gasteiger partial charge in [0.15, 0.2) is 5.96 Å². The molecule has 0 fully saturated rings. The summed E-state index contributed by atoms with van der Waals surface area (Å²) in [6.07, 6.45) is 1.70. The van der Waals surface area contributed by atoms with E-state index in [4.69, 9.17) is 9.47 Å². The van der Waals surface area contributed by atoms with Crippen LogP contribution < -0.4 is 20.1 Å². The summed E-state index contributed by atoms with van der Waals surface area (Å²) in [5, 5.41) is 6.42. The van der Waals surface area contributed by atoms with Crippen molar-refractivity contribution in [1.29, 1.82) is 0 Å². The second kappa shape index (κ2) is 11.5. The number of rotatable bonds is 7. The van der Waals surface area contributed by atoms with Gasteiger partial charge < -0.3 is 20.1 Å². The van der Waals surface area contributed by atoms with E-state index in [-0.39, 0.29) is 24.0 Å². The number of nitrogens with zero attached hydrogens (tertiary/aromatic N) is 2. The van der Waals surface area contributed by atoms with Crippen molar-refractivity contribution in [3.8, 4) is 11.6 Å². The van der Waals surface area contributed by atoms with E-state index in [1.807, 2.05) is 42.5 Å².